The van der Waals surface area contributed by atoms with Gasteiger partial charge in [-0.2, -0.15) is 0 Å². The van der Waals surface area contributed by atoms with Crippen molar-refractivity contribution in [1.82, 2.24) is 5.32 Å². The molecular weight excluding hydrogens is 665 g/mol. The molecule has 264 valence electrons. The summed E-state index contributed by atoms with van der Waals surface area (Å²) in [5, 5.41) is 6.40. The third-order valence-corrected chi connectivity index (χ3v) is 13.0. The summed E-state index contributed by atoms with van der Waals surface area (Å²) < 4.78 is 0. The van der Waals surface area contributed by atoms with Gasteiger partial charge in [0.05, 0.1) is 11.5 Å². The van der Waals surface area contributed by atoms with Gasteiger partial charge in [-0.15, -0.1) is 0 Å². The molecule has 0 aromatic heterocycles. The van der Waals surface area contributed by atoms with E-state index in [9.17, 15) is 0 Å². The minimum atomic E-state index is -0.450. The average molecular weight is 707 g/mol. The summed E-state index contributed by atoms with van der Waals surface area (Å²) in [6, 6.07) is 57.2. The normalized spacial score (nSPS) is 18.7. The monoisotopic (exact) mass is 706 g/mol. The molecule has 11 rings (SSSR count). The Bertz CT molecular complexity index is 2740. The van der Waals surface area contributed by atoms with E-state index in [4.69, 9.17) is 5.73 Å². The topological polar surface area (TPSA) is 38.0 Å². The molecule has 3 aliphatic carbocycles. The van der Waals surface area contributed by atoms with Gasteiger partial charge in [-0.1, -0.05) is 158 Å². The van der Waals surface area contributed by atoms with Gasteiger partial charge >= 0.3 is 0 Å². The molecule has 2 unspecified atom stereocenters. The number of nitrogens with two attached hydrogens (primary N) is 1. The van der Waals surface area contributed by atoms with E-state index >= 15 is 0 Å². The van der Waals surface area contributed by atoms with Gasteiger partial charge in [0.15, 0.2) is 0 Å². The second-order valence-corrected chi connectivity index (χ2v) is 15.7. The highest BCUT2D eigenvalue weighted by atomic mass is 15.0. The smallest absolute Gasteiger partial charge is 0.0726 e. The second-order valence-electron chi connectivity index (χ2n) is 15.7. The Morgan fingerprint density at radius 1 is 0.600 bits per heavy atom. The summed E-state index contributed by atoms with van der Waals surface area (Å²) in [4.78, 5) is 0. The van der Waals surface area contributed by atoms with Crippen LogP contribution in [-0.2, 0) is 5.41 Å². The molecule has 1 spiro atoms. The molecule has 55 heavy (non-hydrogen) atoms. The van der Waals surface area contributed by atoms with Gasteiger partial charge in [-0.3, -0.25) is 0 Å². The lowest BCUT2D eigenvalue weighted by Crippen LogP contribution is -2.44. The maximum Gasteiger partial charge on any atom is 0.0726 e. The second kappa shape index (κ2) is 12.3. The number of fused-ring (bicyclic) bond motifs is 12. The number of rotatable bonds is 4. The SMILES string of the molecule is C/C=C\C1=C(N)C2NC(c3ccc(-c4ccc5c(c4)C4(c6ccccc6-c6ccccc64)c4cc6ccccc6c(-c6ccccc6)c4-5)cc3)=CCC2CC1. The molecule has 7 aromatic carbocycles. The molecule has 0 saturated carbocycles. The van der Waals surface area contributed by atoms with Gasteiger partial charge in [0.1, 0.15) is 0 Å². The van der Waals surface area contributed by atoms with Crippen molar-refractivity contribution in [3.8, 4) is 44.5 Å². The summed E-state index contributed by atoms with van der Waals surface area (Å²) in [5.41, 5.74) is 26.7. The zero-order chi connectivity index (χ0) is 36.7. The fourth-order valence-electron chi connectivity index (χ4n) is 10.5. The van der Waals surface area contributed by atoms with Gasteiger partial charge in [-0.25, -0.2) is 0 Å². The summed E-state index contributed by atoms with van der Waals surface area (Å²) in [6.07, 6.45) is 9.95. The Hall–Kier alpha value is -6.38. The molecule has 0 fully saturated rings. The fourth-order valence-corrected chi connectivity index (χ4v) is 10.5. The predicted molar refractivity (Wildman–Crippen MR) is 229 cm³/mol. The highest BCUT2D eigenvalue weighted by Crippen LogP contribution is 2.65. The molecule has 2 atom stereocenters. The van der Waals surface area contributed by atoms with Crippen LogP contribution in [0.25, 0.3) is 61.0 Å². The molecule has 1 heterocycles. The molecule has 0 saturated heterocycles. The number of nitrogens with one attached hydrogen (secondary N) is 1. The molecule has 2 nitrogen and oxygen atoms in total. The Balaban J connectivity index is 1.09. The molecule has 7 aromatic rings. The van der Waals surface area contributed by atoms with Gasteiger partial charge in [-0.05, 0) is 133 Å². The van der Waals surface area contributed by atoms with Crippen molar-refractivity contribution in [3.63, 3.8) is 0 Å². The van der Waals surface area contributed by atoms with E-state index in [2.05, 4.69) is 182 Å². The van der Waals surface area contributed by atoms with Crippen LogP contribution in [0.5, 0.6) is 0 Å². The third-order valence-electron chi connectivity index (χ3n) is 13.0. The number of allylic oxidation sites excluding steroid dienone is 4. The van der Waals surface area contributed by atoms with E-state index in [0.29, 0.717) is 5.92 Å². The lowest BCUT2D eigenvalue weighted by molar-refractivity contribution is 0.366. The van der Waals surface area contributed by atoms with Crippen LogP contribution in [0.4, 0.5) is 0 Å². The van der Waals surface area contributed by atoms with Crippen LogP contribution < -0.4 is 11.1 Å². The van der Waals surface area contributed by atoms with Crippen LogP contribution in [0.3, 0.4) is 0 Å². The van der Waals surface area contributed by atoms with Crippen LogP contribution in [0.2, 0.25) is 0 Å². The first kappa shape index (κ1) is 32.1. The molecule has 0 bridgehead atoms. The summed E-state index contributed by atoms with van der Waals surface area (Å²) in [6.45, 7) is 2.07. The number of hydrogen-bond donors (Lipinski definition) is 2. The van der Waals surface area contributed by atoms with Gasteiger partial charge < -0.3 is 11.1 Å². The van der Waals surface area contributed by atoms with Crippen LogP contribution in [0.15, 0.2) is 181 Å². The zero-order valence-corrected chi connectivity index (χ0v) is 31.0. The molecule has 2 heteroatoms. The first-order valence-electron chi connectivity index (χ1n) is 19.8. The summed E-state index contributed by atoms with van der Waals surface area (Å²) in [7, 11) is 0. The van der Waals surface area contributed by atoms with Crippen molar-refractivity contribution in [1.29, 1.82) is 0 Å². The van der Waals surface area contributed by atoms with E-state index < -0.39 is 5.41 Å². The van der Waals surface area contributed by atoms with Crippen LogP contribution in [0, 0.1) is 5.92 Å². The predicted octanol–water partition coefficient (Wildman–Crippen LogP) is 12.4. The standard InChI is InChI=1S/C53H42N2/c1-2-12-36-25-26-37-28-30-48(55-52(37)51(36)54)34-23-21-33(22-24-34)38-27-29-43-46(31-38)53(44-19-10-8-17-41(44)42-18-9-11-20-45(42)53)47-32-39-15-6-7-16-40(39)49(50(43)47)35-13-4-3-5-14-35/h2-24,27,29-32,37,52,55H,25-26,28,54H2,1H3/b12-2-. The Morgan fingerprint density at radius 2 is 1.27 bits per heavy atom. The third kappa shape index (κ3) is 4.61. The van der Waals surface area contributed by atoms with Crippen molar-refractivity contribution < 1.29 is 0 Å². The highest BCUT2D eigenvalue weighted by molar-refractivity contribution is 6.10. The summed E-state index contributed by atoms with van der Waals surface area (Å²) >= 11 is 0. The lowest BCUT2D eigenvalue weighted by Gasteiger charge is -2.38. The highest BCUT2D eigenvalue weighted by Gasteiger charge is 2.52. The Morgan fingerprint density at radius 3 is 2.04 bits per heavy atom. The van der Waals surface area contributed by atoms with Crippen molar-refractivity contribution >= 4 is 16.5 Å². The quantitative estimate of drug-likeness (QED) is 0.191. The van der Waals surface area contributed by atoms with E-state index in [1.807, 2.05) is 0 Å². The molecule has 1 aliphatic heterocycles. The average Bonchev–Trinajstić information content (AvgIpc) is 3.71. The van der Waals surface area contributed by atoms with E-state index in [1.165, 1.54) is 101 Å². The van der Waals surface area contributed by atoms with E-state index in [1.54, 1.807) is 0 Å². The molecule has 0 amide bonds. The van der Waals surface area contributed by atoms with Gasteiger partial charge in [0, 0.05) is 11.4 Å². The van der Waals surface area contributed by atoms with Crippen LogP contribution in [-0.4, -0.2) is 6.04 Å². The lowest BCUT2D eigenvalue weighted by atomic mass is 9.69. The summed E-state index contributed by atoms with van der Waals surface area (Å²) in [5.74, 6) is 0.547. The maximum atomic E-state index is 6.76. The largest absolute Gasteiger partial charge is 0.400 e. The maximum absolute atomic E-state index is 6.76. The molecular formula is C53H42N2. The fraction of sp³-hybridized carbons (Fsp3) is 0.132. The van der Waals surface area contributed by atoms with Crippen molar-refractivity contribution in [3.05, 3.63) is 209 Å². The number of benzene rings is 7. The van der Waals surface area contributed by atoms with Gasteiger partial charge in [0.2, 0.25) is 0 Å². The molecule has 0 radical (unpaired) electrons. The van der Waals surface area contributed by atoms with E-state index in [0.717, 1.165) is 18.5 Å². The zero-order valence-electron chi connectivity index (χ0n) is 31.0. The molecule has 3 N–H and O–H groups in total. The van der Waals surface area contributed by atoms with Gasteiger partial charge in [0.25, 0.3) is 0 Å². The van der Waals surface area contributed by atoms with Crippen molar-refractivity contribution in [2.24, 2.45) is 11.7 Å². The van der Waals surface area contributed by atoms with Crippen molar-refractivity contribution in [2.45, 2.75) is 37.6 Å². The first-order valence-corrected chi connectivity index (χ1v) is 19.8. The minimum absolute atomic E-state index is 0.184. The van der Waals surface area contributed by atoms with Crippen molar-refractivity contribution in [2.75, 3.05) is 0 Å². The first-order chi connectivity index (χ1) is 27.1. The molecule has 4 aliphatic rings. The number of hydrogen-bond acceptors (Lipinski definition) is 2. The van der Waals surface area contributed by atoms with Crippen LogP contribution in [0.1, 0.15) is 54.0 Å². The van der Waals surface area contributed by atoms with Crippen LogP contribution >= 0.6 is 0 Å². The Labute approximate surface area is 323 Å². The Kier molecular flexibility index (Phi) is 7.19. The van der Waals surface area contributed by atoms with E-state index in [-0.39, 0.29) is 6.04 Å². The minimum Gasteiger partial charge on any atom is -0.400 e.